The van der Waals surface area contributed by atoms with Crippen LogP contribution >= 0.6 is 0 Å². The van der Waals surface area contributed by atoms with Gasteiger partial charge in [-0.3, -0.25) is 14.5 Å². The molecule has 0 saturated carbocycles. The first-order chi connectivity index (χ1) is 16.3. The van der Waals surface area contributed by atoms with Gasteiger partial charge in [0.25, 0.3) is 0 Å². The predicted molar refractivity (Wildman–Crippen MR) is 146 cm³/mol. The molecule has 1 heterocycles. The summed E-state index contributed by atoms with van der Waals surface area (Å²) in [6, 6.07) is 6.25. The van der Waals surface area contributed by atoms with Gasteiger partial charge in [0.1, 0.15) is 0 Å². The van der Waals surface area contributed by atoms with Crippen LogP contribution in [0.5, 0.6) is 0 Å². The Morgan fingerprint density at radius 1 is 1.21 bits per heavy atom. The van der Waals surface area contributed by atoms with Crippen molar-refractivity contribution in [2.75, 3.05) is 0 Å². The lowest BCUT2D eigenvalue weighted by Crippen LogP contribution is -2.14. The van der Waals surface area contributed by atoms with E-state index in [4.69, 9.17) is 5.10 Å². The lowest BCUT2D eigenvalue weighted by atomic mass is 9.91. The summed E-state index contributed by atoms with van der Waals surface area (Å²) in [5, 5.41) is 4.78. The third kappa shape index (κ3) is 6.53. The first-order valence-electron chi connectivity index (χ1n) is 12.6. The van der Waals surface area contributed by atoms with Gasteiger partial charge in [-0.1, -0.05) is 78.0 Å². The number of hydrogen-bond acceptors (Lipinski definition) is 3. The largest absolute Gasteiger partial charge is 0.294 e. The van der Waals surface area contributed by atoms with Gasteiger partial charge in [0.05, 0.1) is 12.7 Å². The number of ketones is 1. The van der Waals surface area contributed by atoms with E-state index >= 15 is 0 Å². The molecule has 1 unspecified atom stereocenters. The average Bonchev–Trinajstić information content (AvgIpc) is 3.23. The molecule has 0 amide bonds. The number of hydrogen-bond donors (Lipinski definition) is 0. The molecule has 1 aromatic carbocycles. The number of aryl methyl sites for hydroxylation is 1. The van der Waals surface area contributed by atoms with Crippen molar-refractivity contribution in [2.24, 2.45) is 10.9 Å². The Bertz CT molecular complexity index is 1080. The Morgan fingerprint density at radius 3 is 2.53 bits per heavy atom. The summed E-state index contributed by atoms with van der Waals surface area (Å²) in [6.07, 6.45) is 10.1. The highest BCUT2D eigenvalue weighted by Gasteiger charge is 2.19. The first-order valence-corrected chi connectivity index (χ1v) is 12.6. The summed E-state index contributed by atoms with van der Waals surface area (Å²) < 4.78 is 2.09. The molecule has 0 bridgehead atoms. The van der Waals surface area contributed by atoms with Crippen molar-refractivity contribution < 1.29 is 4.79 Å². The van der Waals surface area contributed by atoms with E-state index in [0.29, 0.717) is 6.54 Å². The van der Waals surface area contributed by atoms with Crippen molar-refractivity contribution >= 4 is 17.1 Å². The van der Waals surface area contributed by atoms with E-state index in [1.807, 2.05) is 26.1 Å². The molecule has 34 heavy (non-hydrogen) atoms. The number of benzene rings is 1. The van der Waals surface area contributed by atoms with Gasteiger partial charge in [0, 0.05) is 40.2 Å². The highest BCUT2D eigenvalue weighted by atomic mass is 16.1. The predicted octanol–water partition coefficient (Wildman–Crippen LogP) is 7.63. The fraction of sp³-hybridized carbons (Fsp3) is 0.433. The molecule has 0 N–H and O–H groups in total. The maximum atomic E-state index is 12.8. The summed E-state index contributed by atoms with van der Waals surface area (Å²) >= 11 is 0. The summed E-state index contributed by atoms with van der Waals surface area (Å²) in [4.78, 5) is 17.3. The third-order valence-corrected chi connectivity index (χ3v) is 6.41. The molecule has 0 spiro atoms. The number of carbonyl (C=O) groups excluding carboxylic acids is 1. The van der Waals surface area contributed by atoms with Crippen molar-refractivity contribution in [3.63, 3.8) is 0 Å². The lowest BCUT2D eigenvalue weighted by molar-refractivity contribution is 0.0926. The van der Waals surface area contributed by atoms with Crippen molar-refractivity contribution in [3.8, 4) is 0 Å². The normalized spacial score (nSPS) is 13.1. The number of Topliss-reactive ketones (excluding diaryl/α,β-unsaturated/α-hetero) is 1. The molecule has 0 aliphatic rings. The minimum Gasteiger partial charge on any atom is -0.294 e. The molecule has 2 aromatic rings. The lowest BCUT2D eigenvalue weighted by Gasteiger charge is -2.15. The summed E-state index contributed by atoms with van der Waals surface area (Å²) in [6.45, 7) is 21.1. The minimum absolute atomic E-state index is 0.0459. The molecule has 0 aliphatic carbocycles. The van der Waals surface area contributed by atoms with Crippen LogP contribution in [-0.2, 0) is 19.4 Å². The third-order valence-electron chi connectivity index (χ3n) is 6.41. The van der Waals surface area contributed by atoms with Crippen LogP contribution < -0.4 is 0 Å². The number of carbonyl (C=O) groups is 1. The van der Waals surface area contributed by atoms with Gasteiger partial charge in [-0.15, -0.1) is 0 Å². The van der Waals surface area contributed by atoms with Crippen LogP contribution in [0, 0.1) is 5.92 Å². The molecule has 0 saturated heterocycles. The van der Waals surface area contributed by atoms with Gasteiger partial charge in [-0.25, -0.2) is 0 Å². The Morgan fingerprint density at radius 2 is 1.94 bits per heavy atom. The summed E-state index contributed by atoms with van der Waals surface area (Å²) in [7, 11) is 0. The second kappa shape index (κ2) is 13.0. The zero-order chi connectivity index (χ0) is 25.3. The molecule has 4 nitrogen and oxygen atoms in total. The van der Waals surface area contributed by atoms with E-state index < -0.39 is 0 Å². The quantitative estimate of drug-likeness (QED) is 0.176. The second-order valence-corrected chi connectivity index (χ2v) is 8.90. The first kappa shape index (κ1) is 27.2. The van der Waals surface area contributed by atoms with E-state index in [-0.39, 0.29) is 11.7 Å². The summed E-state index contributed by atoms with van der Waals surface area (Å²) in [5.74, 6) is 0.284. The molecular weight excluding hydrogens is 418 g/mol. The highest BCUT2D eigenvalue weighted by molar-refractivity contribution is 6.23. The second-order valence-electron chi connectivity index (χ2n) is 8.90. The van der Waals surface area contributed by atoms with Gasteiger partial charge < -0.3 is 0 Å². The molecule has 0 aliphatic heterocycles. The maximum absolute atomic E-state index is 12.8. The van der Waals surface area contributed by atoms with Gasteiger partial charge in [-0.2, -0.15) is 5.10 Å². The smallest absolute Gasteiger partial charge is 0.165 e. The molecule has 0 radical (unpaired) electrons. The van der Waals surface area contributed by atoms with E-state index in [1.165, 1.54) is 5.69 Å². The van der Waals surface area contributed by atoms with E-state index in [9.17, 15) is 4.79 Å². The Hall–Kier alpha value is -3.01. The van der Waals surface area contributed by atoms with Gasteiger partial charge in [0.2, 0.25) is 0 Å². The molecular formula is C30H41N3O. The van der Waals surface area contributed by atoms with Gasteiger partial charge in [0.15, 0.2) is 5.78 Å². The standard InChI is InChI=1S/C30H41N3O/c1-9-14-29-28(27(17-21(6)10-2)23(8)31-13-5)19-32-33(29)20-24-15-16-26(25(12-4)18-24)30(34)22(7)11-3/h13,15-19,22H,5-6,9-12,14,20H2,1-4,7-8H3/b27-17-,31-23?. The Kier molecular flexibility index (Phi) is 10.4. The fourth-order valence-corrected chi connectivity index (χ4v) is 4.06. The highest BCUT2D eigenvalue weighted by Crippen LogP contribution is 2.26. The van der Waals surface area contributed by atoms with E-state index in [1.54, 1.807) is 6.20 Å². The fourth-order valence-electron chi connectivity index (χ4n) is 4.06. The molecule has 0 fully saturated rings. The van der Waals surface area contributed by atoms with Crippen LogP contribution in [0.4, 0.5) is 0 Å². The number of rotatable bonds is 13. The van der Waals surface area contributed by atoms with Crippen LogP contribution in [0.2, 0.25) is 0 Å². The maximum Gasteiger partial charge on any atom is 0.165 e. The van der Waals surface area contributed by atoms with Crippen molar-refractivity contribution in [1.82, 2.24) is 9.78 Å². The molecule has 2 rings (SSSR count). The molecule has 1 atom stereocenters. The molecule has 4 heteroatoms. The number of nitrogens with zero attached hydrogens (tertiary/aromatic N) is 3. The molecule has 1 aromatic heterocycles. The monoisotopic (exact) mass is 459 g/mol. The van der Waals surface area contributed by atoms with Crippen molar-refractivity contribution in [1.29, 1.82) is 0 Å². The summed E-state index contributed by atoms with van der Waals surface area (Å²) in [5.41, 5.74) is 8.42. The van der Waals surface area contributed by atoms with Crippen LogP contribution in [-0.4, -0.2) is 21.3 Å². The Labute approximate surface area is 206 Å². The van der Waals surface area contributed by atoms with Crippen LogP contribution in [0.1, 0.15) is 93.5 Å². The topological polar surface area (TPSA) is 47.2 Å². The number of aromatic nitrogens is 2. The van der Waals surface area contributed by atoms with Crippen molar-refractivity contribution in [2.45, 2.75) is 80.2 Å². The SMILES string of the molecule is C=CN=C(C)/C(=C/C(=C)CC)c1cnn(Cc2ccc(C(=O)C(C)CC)c(CC)c2)c1CCC. The van der Waals surface area contributed by atoms with Crippen LogP contribution in [0.25, 0.3) is 5.57 Å². The molecule has 182 valence electrons. The minimum atomic E-state index is 0.0459. The zero-order valence-electron chi connectivity index (χ0n) is 21.9. The number of aliphatic imine (C=N–C) groups is 1. The van der Waals surface area contributed by atoms with Gasteiger partial charge in [-0.05, 0) is 49.8 Å². The van der Waals surface area contributed by atoms with Crippen molar-refractivity contribution in [3.05, 3.63) is 83.4 Å². The van der Waals surface area contributed by atoms with Crippen LogP contribution in [0.3, 0.4) is 0 Å². The van der Waals surface area contributed by atoms with E-state index in [2.05, 4.69) is 68.7 Å². The Balaban J connectivity index is 2.51. The van der Waals surface area contributed by atoms with E-state index in [0.717, 1.165) is 71.2 Å². The zero-order valence-corrected chi connectivity index (χ0v) is 21.9. The average molecular weight is 460 g/mol. The van der Waals surface area contributed by atoms with Gasteiger partial charge >= 0.3 is 0 Å². The van der Waals surface area contributed by atoms with Crippen LogP contribution in [0.15, 0.2) is 60.4 Å². The number of allylic oxidation sites excluding steroid dienone is 3.